The van der Waals surface area contributed by atoms with Crippen LogP contribution in [0.4, 0.5) is 0 Å². The summed E-state index contributed by atoms with van der Waals surface area (Å²) in [5.74, 6) is 1.59. The fraction of sp³-hybridized carbons (Fsp3) is 0.842. The fourth-order valence-electron chi connectivity index (χ4n) is 6.43. The second-order valence-corrected chi connectivity index (χ2v) is 8.73. The molecule has 3 nitrogen and oxygen atoms in total. The molecule has 0 aliphatic heterocycles. The highest BCUT2D eigenvalue weighted by Gasteiger charge is 2.60. The first-order valence-electron chi connectivity index (χ1n) is 8.96. The molecule has 0 amide bonds. The average molecular weight is 304 g/mol. The van der Waals surface area contributed by atoms with Gasteiger partial charge in [-0.3, -0.25) is 4.79 Å². The third-order valence-corrected chi connectivity index (χ3v) is 7.81. The number of fused-ring (bicyclic) bond motifs is 5. The lowest BCUT2D eigenvalue weighted by Gasteiger charge is -2.56. The minimum Gasteiger partial charge on any atom is -0.393 e. The molecule has 0 aromatic carbocycles. The molecule has 4 aliphatic rings. The van der Waals surface area contributed by atoms with E-state index in [-0.39, 0.29) is 22.7 Å². The van der Waals surface area contributed by atoms with E-state index >= 15 is 0 Å². The van der Waals surface area contributed by atoms with E-state index in [2.05, 4.69) is 19.9 Å². The smallest absolute Gasteiger partial charge is 0.167 e. The number of hydrogen-bond donors (Lipinski definition) is 2. The summed E-state index contributed by atoms with van der Waals surface area (Å²) < 4.78 is 0. The number of carbonyl (C=O) groups excluding carboxylic acids is 1. The molecule has 3 heteroatoms. The van der Waals surface area contributed by atoms with Crippen LogP contribution in [-0.4, -0.2) is 28.2 Å². The van der Waals surface area contributed by atoms with E-state index in [1.54, 1.807) is 0 Å². The Morgan fingerprint density at radius 1 is 1.09 bits per heavy atom. The zero-order chi connectivity index (χ0) is 15.7. The summed E-state index contributed by atoms with van der Waals surface area (Å²) in [6, 6.07) is 0. The summed E-state index contributed by atoms with van der Waals surface area (Å²) in [4.78, 5) is 12.4. The van der Waals surface area contributed by atoms with E-state index < -0.39 is 6.10 Å². The topological polar surface area (TPSA) is 57.5 Å². The highest BCUT2D eigenvalue weighted by atomic mass is 16.3. The first kappa shape index (κ1) is 14.9. The van der Waals surface area contributed by atoms with Gasteiger partial charge in [0.25, 0.3) is 0 Å². The highest BCUT2D eigenvalue weighted by Crippen LogP contribution is 2.63. The van der Waals surface area contributed by atoms with Gasteiger partial charge < -0.3 is 10.2 Å². The van der Waals surface area contributed by atoms with Gasteiger partial charge in [-0.25, -0.2) is 0 Å². The Hall–Kier alpha value is -0.670. The van der Waals surface area contributed by atoms with E-state index in [1.165, 1.54) is 5.57 Å². The molecule has 0 heterocycles. The third-order valence-electron chi connectivity index (χ3n) is 7.81. The summed E-state index contributed by atoms with van der Waals surface area (Å²) >= 11 is 0. The highest BCUT2D eigenvalue weighted by molar-refractivity contribution is 5.91. The van der Waals surface area contributed by atoms with Gasteiger partial charge in [-0.15, -0.1) is 0 Å². The number of aliphatic hydroxyl groups is 2. The normalized spacial score (nSPS) is 54.3. The zero-order valence-corrected chi connectivity index (χ0v) is 13.7. The van der Waals surface area contributed by atoms with Crippen molar-refractivity contribution in [2.75, 3.05) is 0 Å². The minimum absolute atomic E-state index is 0.0925. The van der Waals surface area contributed by atoms with Crippen LogP contribution in [0.1, 0.15) is 58.8 Å². The molecule has 0 aromatic heterocycles. The molecule has 7 atom stereocenters. The molecule has 3 fully saturated rings. The lowest BCUT2D eigenvalue weighted by molar-refractivity contribution is -0.136. The number of ketones is 1. The third kappa shape index (κ3) is 1.78. The van der Waals surface area contributed by atoms with Gasteiger partial charge in [0, 0.05) is 5.41 Å². The summed E-state index contributed by atoms with van der Waals surface area (Å²) in [7, 11) is 0. The van der Waals surface area contributed by atoms with Crippen molar-refractivity contribution in [1.29, 1.82) is 0 Å². The average Bonchev–Trinajstić information content (AvgIpc) is 2.72. The molecule has 22 heavy (non-hydrogen) atoms. The van der Waals surface area contributed by atoms with Gasteiger partial charge >= 0.3 is 0 Å². The maximum atomic E-state index is 12.4. The lowest BCUT2D eigenvalue weighted by Crippen LogP contribution is -2.50. The van der Waals surface area contributed by atoms with Crippen LogP contribution >= 0.6 is 0 Å². The van der Waals surface area contributed by atoms with Gasteiger partial charge in [0.05, 0.1) is 6.10 Å². The van der Waals surface area contributed by atoms with E-state index in [1.807, 2.05) is 0 Å². The van der Waals surface area contributed by atoms with Crippen LogP contribution in [-0.2, 0) is 4.79 Å². The number of allylic oxidation sites excluding steroid dienone is 1. The van der Waals surface area contributed by atoms with E-state index in [0.717, 1.165) is 38.5 Å². The molecule has 0 saturated heterocycles. The Kier molecular flexibility index (Phi) is 3.16. The van der Waals surface area contributed by atoms with Gasteiger partial charge in [0.15, 0.2) is 5.78 Å². The van der Waals surface area contributed by atoms with Crippen LogP contribution in [0.5, 0.6) is 0 Å². The van der Waals surface area contributed by atoms with Crippen molar-refractivity contribution < 1.29 is 15.0 Å². The molecule has 0 spiro atoms. The molecule has 0 radical (unpaired) electrons. The Morgan fingerprint density at radius 2 is 1.82 bits per heavy atom. The predicted octanol–water partition coefficient (Wildman–Crippen LogP) is 2.85. The molecule has 3 saturated carbocycles. The van der Waals surface area contributed by atoms with Crippen LogP contribution in [0.15, 0.2) is 11.6 Å². The largest absolute Gasteiger partial charge is 0.393 e. The second kappa shape index (κ2) is 4.67. The molecule has 0 aromatic rings. The molecular formula is C19H28O3. The number of Topliss-reactive ketones (excluding diaryl/α,β-unsaturated/α-hetero) is 1. The Bertz CT molecular complexity index is 539. The van der Waals surface area contributed by atoms with Gasteiger partial charge in [0.2, 0.25) is 0 Å². The van der Waals surface area contributed by atoms with Crippen molar-refractivity contribution in [2.24, 2.45) is 28.6 Å². The number of rotatable bonds is 0. The number of carbonyl (C=O) groups is 1. The Labute approximate surface area is 132 Å². The number of aliphatic hydroxyl groups excluding tert-OH is 2. The van der Waals surface area contributed by atoms with Crippen molar-refractivity contribution in [3.63, 3.8) is 0 Å². The van der Waals surface area contributed by atoms with Crippen molar-refractivity contribution in [3.8, 4) is 0 Å². The quantitative estimate of drug-likeness (QED) is 0.677. The first-order valence-corrected chi connectivity index (χ1v) is 8.96. The fourth-order valence-corrected chi connectivity index (χ4v) is 6.43. The van der Waals surface area contributed by atoms with Crippen LogP contribution in [0, 0.1) is 28.6 Å². The van der Waals surface area contributed by atoms with Crippen LogP contribution in [0.25, 0.3) is 0 Å². The zero-order valence-electron chi connectivity index (χ0n) is 13.7. The van der Waals surface area contributed by atoms with Crippen molar-refractivity contribution >= 4 is 5.78 Å². The van der Waals surface area contributed by atoms with Crippen LogP contribution in [0.3, 0.4) is 0 Å². The molecule has 0 unspecified atom stereocenters. The van der Waals surface area contributed by atoms with Gasteiger partial charge in [-0.2, -0.15) is 0 Å². The van der Waals surface area contributed by atoms with E-state index in [9.17, 15) is 15.0 Å². The lowest BCUT2D eigenvalue weighted by atomic mass is 9.48. The van der Waals surface area contributed by atoms with E-state index in [4.69, 9.17) is 0 Å². The Morgan fingerprint density at radius 3 is 2.59 bits per heavy atom. The summed E-state index contributed by atoms with van der Waals surface area (Å²) in [6.45, 7) is 4.48. The van der Waals surface area contributed by atoms with Gasteiger partial charge in [0.1, 0.15) is 6.10 Å². The van der Waals surface area contributed by atoms with Gasteiger partial charge in [-0.05, 0) is 68.1 Å². The first-order chi connectivity index (χ1) is 10.4. The SMILES string of the molecule is C[C@]12CC[C@H](O)CC1=CC[C@H]1[C@H]2CC[C@]2(C)C(=O)[C@@H](O)C[C@H]12. The van der Waals surface area contributed by atoms with Crippen LogP contribution < -0.4 is 0 Å². The maximum Gasteiger partial charge on any atom is 0.167 e. The molecule has 2 N–H and O–H groups in total. The monoisotopic (exact) mass is 304 g/mol. The second-order valence-electron chi connectivity index (χ2n) is 8.73. The molecule has 4 rings (SSSR count). The van der Waals surface area contributed by atoms with Crippen molar-refractivity contribution in [1.82, 2.24) is 0 Å². The Balaban J connectivity index is 1.70. The summed E-state index contributed by atoms with van der Waals surface area (Å²) in [5.41, 5.74) is 1.37. The van der Waals surface area contributed by atoms with Crippen molar-refractivity contribution in [2.45, 2.75) is 71.0 Å². The molecule has 122 valence electrons. The molecular weight excluding hydrogens is 276 g/mol. The maximum absolute atomic E-state index is 12.4. The summed E-state index contributed by atoms with van der Waals surface area (Å²) in [5, 5.41) is 20.1. The van der Waals surface area contributed by atoms with Crippen LogP contribution in [0.2, 0.25) is 0 Å². The summed E-state index contributed by atoms with van der Waals surface area (Å²) in [6.07, 6.45) is 8.00. The van der Waals surface area contributed by atoms with Crippen molar-refractivity contribution in [3.05, 3.63) is 11.6 Å². The van der Waals surface area contributed by atoms with E-state index in [0.29, 0.717) is 24.2 Å². The molecule has 4 aliphatic carbocycles. The van der Waals surface area contributed by atoms with Gasteiger partial charge in [-0.1, -0.05) is 25.5 Å². The predicted molar refractivity (Wildman–Crippen MR) is 84.1 cm³/mol. The number of hydrogen-bond acceptors (Lipinski definition) is 3. The standard InChI is InChI=1S/C19H28O3/c1-18-7-5-12(20)9-11(18)3-4-13-14(18)6-8-19(2)15(13)10-16(21)17(19)22/h3,12-16,20-21H,4-10H2,1-2H3/t12-,13-,14+,15+,16-,18-,19-/m0/s1. The minimum atomic E-state index is -0.736. The molecule has 0 bridgehead atoms.